The van der Waals surface area contributed by atoms with Crippen molar-refractivity contribution in [1.29, 1.82) is 0 Å². The van der Waals surface area contributed by atoms with Gasteiger partial charge in [0.15, 0.2) is 15.2 Å². The lowest BCUT2D eigenvalue weighted by molar-refractivity contribution is -0.117. The number of amides is 1. The maximum absolute atomic E-state index is 12.5. The molecule has 2 heterocycles. The number of esters is 1. The zero-order chi connectivity index (χ0) is 17.1. The molecular weight excluding hydrogens is 350 g/mol. The van der Waals surface area contributed by atoms with Gasteiger partial charge in [-0.25, -0.2) is 9.78 Å². The van der Waals surface area contributed by atoms with Crippen LogP contribution >= 0.6 is 22.9 Å². The van der Waals surface area contributed by atoms with Gasteiger partial charge in [-0.05, 0) is 24.5 Å². The summed E-state index contributed by atoms with van der Waals surface area (Å²) < 4.78 is 4.63. The summed E-state index contributed by atoms with van der Waals surface area (Å²) in [6.07, 6.45) is 1.93. The zero-order valence-corrected chi connectivity index (χ0v) is 14.6. The number of anilines is 2. The molecule has 2 aromatic rings. The van der Waals surface area contributed by atoms with Gasteiger partial charge in [0, 0.05) is 12.2 Å². The summed E-state index contributed by atoms with van der Waals surface area (Å²) in [4.78, 5) is 30.1. The van der Waals surface area contributed by atoms with E-state index in [2.05, 4.69) is 15.0 Å². The Hall–Kier alpha value is -2.12. The molecule has 1 aliphatic heterocycles. The second kappa shape index (κ2) is 7.19. The molecule has 1 aromatic carbocycles. The standard InChI is InChI=1S/C16H16ClN3O3S/c1-23-15(22)13-14(17)19-16(24-13)18-9-12(21)20-8-4-6-10-5-2-3-7-11(10)20/h2-3,5,7H,4,6,8-9H2,1H3,(H,18,19). The molecule has 1 aromatic heterocycles. The van der Waals surface area contributed by atoms with Crippen LogP contribution in [0, 0.1) is 0 Å². The van der Waals surface area contributed by atoms with Crippen molar-refractivity contribution in [3.63, 3.8) is 0 Å². The molecule has 0 fully saturated rings. The van der Waals surface area contributed by atoms with E-state index < -0.39 is 5.97 Å². The molecule has 24 heavy (non-hydrogen) atoms. The molecule has 6 nitrogen and oxygen atoms in total. The summed E-state index contributed by atoms with van der Waals surface area (Å²) in [5.74, 6) is -0.588. The van der Waals surface area contributed by atoms with Crippen LogP contribution in [-0.2, 0) is 16.0 Å². The molecule has 0 spiro atoms. The SMILES string of the molecule is COC(=O)c1sc(NCC(=O)N2CCCc3ccccc32)nc1Cl. The Morgan fingerprint density at radius 1 is 1.42 bits per heavy atom. The Kier molecular flexibility index (Phi) is 5.01. The van der Waals surface area contributed by atoms with E-state index in [9.17, 15) is 9.59 Å². The Balaban J connectivity index is 1.68. The van der Waals surface area contributed by atoms with Crippen LogP contribution in [0.5, 0.6) is 0 Å². The number of aryl methyl sites for hydroxylation is 1. The monoisotopic (exact) mass is 365 g/mol. The van der Waals surface area contributed by atoms with Gasteiger partial charge in [0.1, 0.15) is 0 Å². The van der Waals surface area contributed by atoms with Crippen molar-refractivity contribution in [2.75, 3.05) is 30.4 Å². The maximum atomic E-state index is 12.5. The second-order valence-electron chi connectivity index (χ2n) is 5.26. The number of rotatable bonds is 4. The van der Waals surface area contributed by atoms with Gasteiger partial charge < -0.3 is 15.0 Å². The van der Waals surface area contributed by atoms with E-state index in [0.29, 0.717) is 11.7 Å². The van der Waals surface area contributed by atoms with E-state index in [-0.39, 0.29) is 22.5 Å². The fourth-order valence-electron chi connectivity index (χ4n) is 2.64. The Bertz CT molecular complexity index is 778. The number of thiazole rings is 1. The van der Waals surface area contributed by atoms with E-state index >= 15 is 0 Å². The first-order chi connectivity index (χ1) is 11.6. The van der Waals surface area contributed by atoms with Gasteiger partial charge in [-0.2, -0.15) is 0 Å². The van der Waals surface area contributed by atoms with E-state index in [4.69, 9.17) is 11.6 Å². The number of para-hydroxylation sites is 1. The first kappa shape index (κ1) is 16.7. The molecule has 126 valence electrons. The molecule has 0 saturated heterocycles. The zero-order valence-electron chi connectivity index (χ0n) is 13.0. The van der Waals surface area contributed by atoms with Crippen LogP contribution in [0.3, 0.4) is 0 Å². The van der Waals surface area contributed by atoms with Crippen molar-refractivity contribution in [3.8, 4) is 0 Å². The van der Waals surface area contributed by atoms with Crippen LogP contribution in [0.25, 0.3) is 0 Å². The average Bonchev–Trinajstić information content (AvgIpc) is 2.99. The highest BCUT2D eigenvalue weighted by Gasteiger charge is 2.23. The smallest absolute Gasteiger partial charge is 0.351 e. The van der Waals surface area contributed by atoms with Gasteiger partial charge in [0.05, 0.1) is 13.7 Å². The van der Waals surface area contributed by atoms with Crippen LogP contribution in [0.2, 0.25) is 5.15 Å². The lowest BCUT2D eigenvalue weighted by atomic mass is 10.0. The Morgan fingerprint density at radius 3 is 3.00 bits per heavy atom. The highest BCUT2D eigenvalue weighted by Crippen LogP contribution is 2.29. The minimum absolute atomic E-state index is 0.0481. The van der Waals surface area contributed by atoms with E-state index in [1.807, 2.05) is 24.3 Å². The first-order valence-electron chi connectivity index (χ1n) is 7.47. The second-order valence-corrected chi connectivity index (χ2v) is 6.62. The predicted molar refractivity (Wildman–Crippen MR) is 94.1 cm³/mol. The molecule has 8 heteroatoms. The molecule has 0 saturated carbocycles. The Morgan fingerprint density at radius 2 is 2.21 bits per heavy atom. The number of carbonyl (C=O) groups excluding carboxylic acids is 2. The van der Waals surface area contributed by atoms with Crippen LogP contribution in [0.15, 0.2) is 24.3 Å². The first-order valence-corrected chi connectivity index (χ1v) is 8.66. The van der Waals surface area contributed by atoms with Gasteiger partial charge in [-0.1, -0.05) is 41.1 Å². The van der Waals surface area contributed by atoms with Crippen molar-refractivity contribution < 1.29 is 14.3 Å². The molecule has 0 aliphatic carbocycles. The summed E-state index contributed by atoms with van der Waals surface area (Å²) in [6.45, 7) is 0.780. The van der Waals surface area contributed by atoms with Gasteiger partial charge >= 0.3 is 5.97 Å². The van der Waals surface area contributed by atoms with Gasteiger partial charge in [-0.15, -0.1) is 0 Å². The third-order valence-corrected chi connectivity index (χ3v) is 5.14. The summed E-state index contributed by atoms with van der Waals surface area (Å²) in [5.41, 5.74) is 2.14. The van der Waals surface area contributed by atoms with Crippen molar-refractivity contribution >= 4 is 45.6 Å². The minimum Gasteiger partial charge on any atom is -0.465 e. The largest absolute Gasteiger partial charge is 0.465 e. The molecule has 1 aliphatic rings. The minimum atomic E-state index is -0.540. The van der Waals surface area contributed by atoms with E-state index in [1.165, 1.54) is 12.7 Å². The number of methoxy groups -OCH3 is 1. The quantitative estimate of drug-likeness (QED) is 0.843. The van der Waals surface area contributed by atoms with Crippen LogP contribution in [0.4, 0.5) is 10.8 Å². The number of nitrogens with zero attached hydrogens (tertiary/aromatic N) is 2. The number of fused-ring (bicyclic) bond motifs is 1. The van der Waals surface area contributed by atoms with E-state index in [1.54, 1.807) is 4.90 Å². The van der Waals surface area contributed by atoms with Crippen LogP contribution < -0.4 is 10.2 Å². The normalized spacial score (nSPS) is 13.3. The number of ether oxygens (including phenoxy) is 1. The number of halogens is 1. The van der Waals surface area contributed by atoms with Crippen molar-refractivity contribution in [1.82, 2.24) is 4.98 Å². The summed E-state index contributed by atoms with van der Waals surface area (Å²) in [5, 5.41) is 3.43. The predicted octanol–water partition coefficient (Wildman–Crippen LogP) is 2.97. The summed E-state index contributed by atoms with van der Waals surface area (Å²) in [7, 11) is 1.28. The third-order valence-electron chi connectivity index (χ3n) is 3.76. The average molecular weight is 366 g/mol. The van der Waals surface area contributed by atoms with Gasteiger partial charge in [-0.3, -0.25) is 4.79 Å². The number of hydrogen-bond acceptors (Lipinski definition) is 6. The fraction of sp³-hybridized carbons (Fsp3) is 0.312. The number of benzene rings is 1. The molecule has 0 unspecified atom stereocenters. The van der Waals surface area contributed by atoms with Crippen LogP contribution in [-0.4, -0.2) is 37.1 Å². The van der Waals surface area contributed by atoms with Gasteiger partial charge in [0.2, 0.25) is 5.91 Å². The summed E-state index contributed by atoms with van der Waals surface area (Å²) in [6, 6.07) is 7.92. The van der Waals surface area contributed by atoms with E-state index in [0.717, 1.165) is 29.9 Å². The topological polar surface area (TPSA) is 71.5 Å². The maximum Gasteiger partial charge on any atom is 0.351 e. The van der Waals surface area contributed by atoms with Crippen molar-refractivity contribution in [3.05, 3.63) is 39.9 Å². The molecule has 3 rings (SSSR count). The molecule has 0 atom stereocenters. The molecular formula is C16H16ClN3O3S. The lowest BCUT2D eigenvalue weighted by Crippen LogP contribution is -2.39. The number of hydrogen-bond donors (Lipinski definition) is 1. The molecule has 1 amide bonds. The fourth-order valence-corrected chi connectivity index (χ4v) is 3.73. The van der Waals surface area contributed by atoms with Crippen LogP contribution in [0.1, 0.15) is 21.7 Å². The summed E-state index contributed by atoms with van der Waals surface area (Å²) >= 11 is 6.98. The molecule has 0 radical (unpaired) electrons. The van der Waals surface area contributed by atoms with Crippen molar-refractivity contribution in [2.24, 2.45) is 0 Å². The number of aromatic nitrogens is 1. The molecule has 1 N–H and O–H groups in total. The lowest BCUT2D eigenvalue weighted by Gasteiger charge is -2.29. The number of carbonyl (C=O) groups is 2. The Labute approximate surface area is 148 Å². The highest BCUT2D eigenvalue weighted by molar-refractivity contribution is 7.18. The number of nitrogens with one attached hydrogen (secondary N) is 1. The van der Waals surface area contributed by atoms with Crippen molar-refractivity contribution in [2.45, 2.75) is 12.8 Å². The highest BCUT2D eigenvalue weighted by atomic mass is 35.5. The van der Waals surface area contributed by atoms with Gasteiger partial charge in [0.25, 0.3) is 0 Å². The third kappa shape index (κ3) is 3.37. The molecule has 0 bridgehead atoms.